The average Bonchev–Trinajstić information content (AvgIpc) is 2.80. The van der Waals surface area contributed by atoms with Gasteiger partial charge in [0.05, 0.1) is 31.0 Å². The fourth-order valence-electron chi connectivity index (χ4n) is 4.06. The first-order chi connectivity index (χ1) is 17.7. The summed E-state index contributed by atoms with van der Waals surface area (Å²) in [5.41, 5.74) is -1.19. The van der Waals surface area contributed by atoms with E-state index in [1.807, 2.05) is 24.3 Å². The summed E-state index contributed by atoms with van der Waals surface area (Å²) in [4.78, 5) is 12.6. The van der Waals surface area contributed by atoms with Gasteiger partial charge in [0.15, 0.2) is 0 Å². The SMILES string of the molecule is CCCCCCCCCOc1ccc(CCC2(NC(=O)OC(C)(C)C)COP(=O)(OC(C)(C)C)OC2)cc1. The highest BCUT2D eigenvalue weighted by molar-refractivity contribution is 7.48. The van der Waals surface area contributed by atoms with E-state index in [1.54, 1.807) is 41.5 Å². The Kier molecular flexibility index (Phi) is 12.6. The van der Waals surface area contributed by atoms with Crippen LogP contribution in [0, 0.1) is 0 Å². The van der Waals surface area contributed by atoms with Crippen molar-refractivity contribution >= 4 is 13.9 Å². The van der Waals surface area contributed by atoms with E-state index in [4.69, 9.17) is 23.0 Å². The summed E-state index contributed by atoms with van der Waals surface area (Å²) in [5, 5.41) is 2.91. The Labute approximate surface area is 230 Å². The molecule has 0 bridgehead atoms. The Balaban J connectivity index is 1.91. The van der Waals surface area contributed by atoms with Gasteiger partial charge >= 0.3 is 13.9 Å². The van der Waals surface area contributed by atoms with Crippen LogP contribution in [0.4, 0.5) is 4.79 Å². The van der Waals surface area contributed by atoms with Crippen LogP contribution in [0.5, 0.6) is 5.75 Å². The Morgan fingerprint density at radius 2 is 1.50 bits per heavy atom. The van der Waals surface area contributed by atoms with Crippen LogP contribution >= 0.6 is 7.82 Å². The molecular formula is C29H50NO7P. The third kappa shape index (κ3) is 13.0. The Morgan fingerprint density at radius 3 is 2.05 bits per heavy atom. The molecule has 8 nitrogen and oxygen atoms in total. The molecule has 1 N–H and O–H groups in total. The summed E-state index contributed by atoms with van der Waals surface area (Å²) >= 11 is 0. The van der Waals surface area contributed by atoms with Gasteiger partial charge in [-0.1, -0.05) is 57.6 Å². The molecule has 9 heteroatoms. The molecule has 2 rings (SSSR count). The van der Waals surface area contributed by atoms with Crippen molar-refractivity contribution in [2.45, 2.75) is 123 Å². The van der Waals surface area contributed by atoms with E-state index < -0.39 is 30.7 Å². The molecule has 1 aliphatic heterocycles. The number of benzene rings is 1. The number of carbonyl (C=O) groups excluding carboxylic acids is 1. The first-order valence-corrected chi connectivity index (χ1v) is 15.5. The number of alkyl carbamates (subject to hydrolysis) is 1. The lowest BCUT2D eigenvalue weighted by Gasteiger charge is -2.41. The zero-order valence-corrected chi connectivity index (χ0v) is 25.5. The highest BCUT2D eigenvalue weighted by atomic mass is 31.2. The molecule has 1 amide bonds. The highest BCUT2D eigenvalue weighted by Crippen LogP contribution is 2.56. The Bertz CT molecular complexity index is 878. The number of amides is 1. The van der Waals surface area contributed by atoms with Crippen molar-refractivity contribution in [1.29, 1.82) is 0 Å². The van der Waals surface area contributed by atoms with Crippen LogP contribution in [-0.4, -0.2) is 42.7 Å². The third-order valence-corrected chi connectivity index (χ3v) is 7.64. The van der Waals surface area contributed by atoms with Crippen LogP contribution < -0.4 is 10.1 Å². The summed E-state index contributed by atoms with van der Waals surface area (Å²) in [5.74, 6) is 0.853. The maximum absolute atomic E-state index is 12.9. The van der Waals surface area contributed by atoms with Gasteiger partial charge in [0.2, 0.25) is 0 Å². The molecule has 0 aromatic heterocycles. The fraction of sp³-hybridized carbons (Fsp3) is 0.759. The fourth-order valence-corrected chi connectivity index (χ4v) is 5.72. The second-order valence-electron chi connectivity index (χ2n) is 12.2. The molecule has 218 valence electrons. The van der Waals surface area contributed by atoms with E-state index >= 15 is 0 Å². The van der Waals surface area contributed by atoms with Crippen molar-refractivity contribution in [1.82, 2.24) is 5.32 Å². The summed E-state index contributed by atoms with van der Waals surface area (Å²) in [6.45, 7) is 13.7. The molecule has 0 radical (unpaired) electrons. The normalized spacial score (nSPS) is 22.2. The van der Waals surface area contributed by atoms with E-state index in [9.17, 15) is 9.36 Å². The summed E-state index contributed by atoms with van der Waals surface area (Å²) < 4.78 is 41.1. The summed E-state index contributed by atoms with van der Waals surface area (Å²) in [7, 11) is -3.73. The number of phosphoric ester groups is 1. The molecular weight excluding hydrogens is 505 g/mol. The lowest BCUT2D eigenvalue weighted by molar-refractivity contribution is -0.0275. The lowest BCUT2D eigenvalue weighted by atomic mass is 9.93. The first-order valence-electron chi connectivity index (χ1n) is 14.1. The standard InChI is InChI=1S/C29H50NO7P/c1-8-9-10-11-12-13-14-21-33-25-17-15-24(16-18-25)19-20-29(30-26(31)36-27(2,3)4)22-34-38(32,35-23-29)37-28(5,6)7/h15-18H,8-14,19-23H2,1-7H3,(H,30,31). The quantitative estimate of drug-likeness (QED) is 0.184. The number of ether oxygens (including phenoxy) is 2. The second-order valence-corrected chi connectivity index (χ2v) is 13.8. The number of hydrogen-bond acceptors (Lipinski definition) is 7. The van der Waals surface area contributed by atoms with Crippen molar-refractivity contribution in [3.63, 3.8) is 0 Å². The molecule has 1 fully saturated rings. The van der Waals surface area contributed by atoms with Crippen molar-refractivity contribution in [3.8, 4) is 5.75 Å². The van der Waals surface area contributed by atoms with Crippen molar-refractivity contribution in [2.24, 2.45) is 0 Å². The van der Waals surface area contributed by atoms with Crippen LogP contribution in [-0.2, 0) is 29.3 Å². The number of unbranched alkanes of at least 4 members (excludes halogenated alkanes) is 6. The van der Waals surface area contributed by atoms with Gasteiger partial charge in [-0.3, -0.25) is 13.6 Å². The predicted molar refractivity (Wildman–Crippen MR) is 151 cm³/mol. The van der Waals surface area contributed by atoms with Gasteiger partial charge in [-0.15, -0.1) is 0 Å². The van der Waals surface area contributed by atoms with E-state index in [-0.39, 0.29) is 13.2 Å². The topological polar surface area (TPSA) is 92.3 Å². The van der Waals surface area contributed by atoms with Crippen molar-refractivity contribution in [3.05, 3.63) is 29.8 Å². The molecule has 0 unspecified atom stereocenters. The maximum atomic E-state index is 12.9. The van der Waals surface area contributed by atoms with Gasteiger partial charge < -0.3 is 14.8 Å². The molecule has 1 aliphatic rings. The second kappa shape index (κ2) is 14.7. The molecule has 0 spiro atoms. The largest absolute Gasteiger partial charge is 0.494 e. The van der Waals surface area contributed by atoms with E-state index in [2.05, 4.69) is 12.2 Å². The van der Waals surface area contributed by atoms with Crippen LogP contribution in [0.15, 0.2) is 24.3 Å². The molecule has 0 aliphatic carbocycles. The Morgan fingerprint density at radius 1 is 0.921 bits per heavy atom. The van der Waals surface area contributed by atoms with Crippen LogP contribution in [0.2, 0.25) is 0 Å². The van der Waals surface area contributed by atoms with Gasteiger partial charge in [0.1, 0.15) is 11.4 Å². The zero-order chi connectivity index (χ0) is 28.3. The number of nitrogens with one attached hydrogen (secondary N) is 1. The van der Waals surface area contributed by atoms with E-state index in [1.165, 1.54) is 38.5 Å². The third-order valence-electron chi connectivity index (χ3n) is 5.98. The van der Waals surface area contributed by atoms with Crippen LogP contribution in [0.1, 0.15) is 105 Å². The predicted octanol–water partition coefficient (Wildman–Crippen LogP) is 7.98. The van der Waals surface area contributed by atoms with Gasteiger partial charge in [0.25, 0.3) is 0 Å². The molecule has 1 saturated heterocycles. The van der Waals surface area contributed by atoms with Crippen LogP contribution in [0.3, 0.4) is 0 Å². The van der Waals surface area contributed by atoms with Gasteiger partial charge in [0, 0.05) is 0 Å². The van der Waals surface area contributed by atoms with Crippen molar-refractivity contribution < 1.29 is 32.4 Å². The van der Waals surface area contributed by atoms with E-state index in [0.717, 1.165) is 24.3 Å². The Hall–Kier alpha value is -1.60. The molecule has 1 aromatic rings. The van der Waals surface area contributed by atoms with Gasteiger partial charge in [-0.05, 0) is 78.5 Å². The zero-order valence-electron chi connectivity index (χ0n) is 24.6. The first kappa shape index (κ1) is 32.6. The molecule has 1 heterocycles. The minimum absolute atomic E-state index is 0.0146. The number of aryl methyl sites for hydroxylation is 1. The number of hydrogen-bond donors (Lipinski definition) is 1. The molecule has 0 atom stereocenters. The maximum Gasteiger partial charge on any atom is 0.475 e. The monoisotopic (exact) mass is 555 g/mol. The minimum atomic E-state index is -3.73. The van der Waals surface area contributed by atoms with Gasteiger partial charge in [-0.25, -0.2) is 9.36 Å². The van der Waals surface area contributed by atoms with Crippen LogP contribution in [0.25, 0.3) is 0 Å². The smallest absolute Gasteiger partial charge is 0.475 e. The molecule has 38 heavy (non-hydrogen) atoms. The van der Waals surface area contributed by atoms with E-state index in [0.29, 0.717) is 12.8 Å². The summed E-state index contributed by atoms with van der Waals surface area (Å²) in [6, 6.07) is 8.01. The molecule has 1 aromatic carbocycles. The summed E-state index contributed by atoms with van der Waals surface area (Å²) in [6.07, 6.45) is 9.34. The number of rotatable bonds is 14. The number of phosphoric acid groups is 1. The minimum Gasteiger partial charge on any atom is -0.494 e. The lowest BCUT2D eigenvalue weighted by Crippen LogP contribution is -2.58. The van der Waals surface area contributed by atoms with Gasteiger partial charge in [-0.2, -0.15) is 0 Å². The highest BCUT2D eigenvalue weighted by Gasteiger charge is 2.46. The molecule has 0 saturated carbocycles. The average molecular weight is 556 g/mol. The number of carbonyl (C=O) groups is 1. The van der Waals surface area contributed by atoms with Crippen molar-refractivity contribution in [2.75, 3.05) is 19.8 Å².